The van der Waals surface area contributed by atoms with Crippen LogP contribution in [0.4, 0.5) is 0 Å². The average molecular weight is 220 g/mol. The van der Waals surface area contributed by atoms with E-state index in [1.807, 2.05) is 60.8 Å². The molecule has 3 rings (SSSR count). The summed E-state index contributed by atoms with van der Waals surface area (Å²) in [6, 6.07) is 18.6. The Morgan fingerprint density at radius 3 is 2.65 bits per heavy atom. The van der Waals surface area contributed by atoms with E-state index in [1.165, 1.54) is 0 Å². The molecule has 0 aliphatic heterocycles. The van der Waals surface area contributed by atoms with Crippen LogP contribution < -0.4 is 0 Å². The molecule has 2 aromatic carbocycles. The molecule has 3 nitrogen and oxygen atoms in total. The topological polar surface area (TPSA) is 30.7 Å². The summed E-state index contributed by atoms with van der Waals surface area (Å²) in [4.78, 5) is 1.57. The number of fused-ring (bicyclic) bond motifs is 1. The second-order valence-electron chi connectivity index (χ2n) is 3.66. The summed E-state index contributed by atoms with van der Waals surface area (Å²) in [5.74, 6) is 0. The second-order valence-corrected chi connectivity index (χ2v) is 3.66. The fourth-order valence-corrected chi connectivity index (χ4v) is 1.60. The van der Waals surface area contributed by atoms with Gasteiger partial charge in [0.05, 0.1) is 6.20 Å². The molecule has 0 saturated carbocycles. The summed E-state index contributed by atoms with van der Waals surface area (Å²) in [7, 11) is 0. The zero-order valence-electron chi connectivity index (χ0n) is 9.12. The maximum absolute atomic E-state index is 4.33. The van der Waals surface area contributed by atoms with Crippen molar-refractivity contribution in [1.29, 1.82) is 0 Å². The first-order valence-electron chi connectivity index (χ1n) is 5.38. The number of hydrogen-bond acceptors (Lipinski definition) is 2. The van der Waals surface area contributed by atoms with Crippen molar-refractivity contribution in [2.24, 2.45) is 0 Å². The van der Waals surface area contributed by atoms with Crippen LogP contribution in [0.2, 0.25) is 0 Å². The summed E-state index contributed by atoms with van der Waals surface area (Å²) in [5.41, 5.74) is 2.85. The average Bonchev–Trinajstić information content (AvgIpc) is 2.80. The Labute approximate surface area is 99.0 Å². The van der Waals surface area contributed by atoms with Crippen molar-refractivity contribution in [3.05, 3.63) is 60.2 Å². The van der Waals surface area contributed by atoms with Crippen LogP contribution in [-0.4, -0.2) is 15.0 Å². The molecule has 0 atom stereocenters. The van der Waals surface area contributed by atoms with Gasteiger partial charge in [-0.2, -0.15) is 4.80 Å². The zero-order valence-corrected chi connectivity index (χ0v) is 9.12. The monoisotopic (exact) mass is 220 g/mol. The predicted octanol–water partition coefficient (Wildman–Crippen LogP) is 2.86. The quantitative estimate of drug-likeness (QED) is 0.664. The highest BCUT2D eigenvalue weighted by molar-refractivity contribution is 5.73. The Morgan fingerprint density at radius 2 is 1.82 bits per heavy atom. The van der Waals surface area contributed by atoms with Crippen LogP contribution in [0.25, 0.3) is 23.3 Å². The Hall–Kier alpha value is -2.42. The molecular weight excluding hydrogens is 210 g/mol. The van der Waals surface area contributed by atoms with Gasteiger partial charge in [-0.3, -0.25) is 0 Å². The molecule has 0 N–H and O–H groups in total. The molecule has 1 aromatic heterocycles. The van der Waals surface area contributed by atoms with Gasteiger partial charge in [0.15, 0.2) is 0 Å². The molecule has 1 radical (unpaired) electrons. The highest BCUT2D eigenvalue weighted by Gasteiger charge is 1.97. The molecule has 0 aliphatic carbocycles. The summed E-state index contributed by atoms with van der Waals surface area (Å²) >= 11 is 0. The van der Waals surface area contributed by atoms with E-state index in [9.17, 15) is 0 Å². The minimum absolute atomic E-state index is 0.852. The van der Waals surface area contributed by atoms with Crippen LogP contribution in [-0.2, 0) is 0 Å². The first kappa shape index (κ1) is 9.78. The molecule has 0 unspecified atom stereocenters. The van der Waals surface area contributed by atoms with E-state index >= 15 is 0 Å². The van der Waals surface area contributed by atoms with E-state index in [2.05, 4.69) is 16.3 Å². The standard InChI is InChI=1S/C14H10N3/c1-2-6-12(7-3-1)10-11-17-15-13-8-4-5-9-14(13)16-17/h1-4,6-11H/b11-10+. The molecule has 0 saturated heterocycles. The van der Waals surface area contributed by atoms with Gasteiger partial charge in [-0.1, -0.05) is 36.4 Å². The SMILES string of the molecule is [c]1ccc2nn(/C=C/c3ccccc3)nc2c1. The molecule has 3 aromatic rings. The summed E-state index contributed by atoms with van der Waals surface area (Å²) in [6.07, 6.45) is 3.82. The van der Waals surface area contributed by atoms with Gasteiger partial charge in [0.1, 0.15) is 11.0 Å². The summed E-state index contributed by atoms with van der Waals surface area (Å²) in [6.45, 7) is 0. The zero-order chi connectivity index (χ0) is 11.5. The molecule has 0 spiro atoms. The van der Waals surface area contributed by atoms with Crippen LogP contribution >= 0.6 is 0 Å². The van der Waals surface area contributed by atoms with Gasteiger partial charge >= 0.3 is 0 Å². The normalized spacial score (nSPS) is 11.3. The summed E-state index contributed by atoms with van der Waals surface area (Å²) in [5, 5.41) is 8.64. The smallest absolute Gasteiger partial charge is 0.114 e. The largest absolute Gasteiger partial charge is 0.158 e. The molecule has 81 valence electrons. The Balaban J connectivity index is 1.92. The first-order valence-corrected chi connectivity index (χ1v) is 5.38. The highest BCUT2D eigenvalue weighted by Crippen LogP contribution is 2.08. The number of nitrogens with zero attached hydrogens (tertiary/aromatic N) is 3. The van der Waals surface area contributed by atoms with Gasteiger partial charge in [0.25, 0.3) is 0 Å². The van der Waals surface area contributed by atoms with Crippen LogP contribution in [0.3, 0.4) is 0 Å². The van der Waals surface area contributed by atoms with Crippen molar-refractivity contribution in [3.8, 4) is 0 Å². The Morgan fingerprint density at radius 1 is 1.00 bits per heavy atom. The maximum Gasteiger partial charge on any atom is 0.114 e. The molecule has 1 heterocycles. The lowest BCUT2D eigenvalue weighted by atomic mass is 10.2. The van der Waals surface area contributed by atoms with Crippen molar-refractivity contribution in [2.75, 3.05) is 0 Å². The van der Waals surface area contributed by atoms with Crippen LogP contribution in [0.1, 0.15) is 5.56 Å². The molecule has 0 bridgehead atoms. The van der Waals surface area contributed by atoms with Gasteiger partial charge in [0.2, 0.25) is 0 Å². The predicted molar refractivity (Wildman–Crippen MR) is 68.0 cm³/mol. The van der Waals surface area contributed by atoms with E-state index in [0.717, 1.165) is 16.6 Å². The molecule has 17 heavy (non-hydrogen) atoms. The number of rotatable bonds is 2. The van der Waals surface area contributed by atoms with Crippen molar-refractivity contribution in [2.45, 2.75) is 0 Å². The van der Waals surface area contributed by atoms with E-state index in [0.29, 0.717) is 0 Å². The fraction of sp³-hybridized carbons (Fsp3) is 0. The molecule has 0 fully saturated rings. The lowest BCUT2D eigenvalue weighted by Gasteiger charge is -1.90. The molecule has 0 amide bonds. The Bertz CT molecular complexity index is 620. The van der Waals surface area contributed by atoms with Crippen LogP contribution in [0, 0.1) is 6.07 Å². The second kappa shape index (κ2) is 4.22. The number of aromatic nitrogens is 3. The van der Waals surface area contributed by atoms with Crippen molar-refractivity contribution in [1.82, 2.24) is 15.0 Å². The van der Waals surface area contributed by atoms with Gasteiger partial charge in [-0.15, -0.1) is 10.2 Å². The van der Waals surface area contributed by atoms with E-state index in [4.69, 9.17) is 0 Å². The minimum atomic E-state index is 0.852. The van der Waals surface area contributed by atoms with Gasteiger partial charge in [-0.25, -0.2) is 0 Å². The lowest BCUT2D eigenvalue weighted by molar-refractivity contribution is 0.814. The van der Waals surface area contributed by atoms with E-state index < -0.39 is 0 Å². The van der Waals surface area contributed by atoms with Gasteiger partial charge < -0.3 is 0 Å². The maximum atomic E-state index is 4.33. The van der Waals surface area contributed by atoms with E-state index in [1.54, 1.807) is 4.80 Å². The fourth-order valence-electron chi connectivity index (χ4n) is 1.60. The molecule has 0 aliphatic rings. The lowest BCUT2D eigenvalue weighted by Crippen LogP contribution is -1.89. The molecule has 3 heteroatoms. The van der Waals surface area contributed by atoms with Crippen LogP contribution in [0.5, 0.6) is 0 Å². The van der Waals surface area contributed by atoms with Crippen molar-refractivity contribution >= 4 is 23.3 Å². The van der Waals surface area contributed by atoms with Gasteiger partial charge in [0, 0.05) is 0 Å². The number of hydrogen-bond donors (Lipinski definition) is 0. The third kappa shape index (κ3) is 2.08. The van der Waals surface area contributed by atoms with E-state index in [-0.39, 0.29) is 0 Å². The minimum Gasteiger partial charge on any atom is -0.158 e. The van der Waals surface area contributed by atoms with Crippen molar-refractivity contribution in [3.63, 3.8) is 0 Å². The molecular formula is C14H10N3. The third-order valence-electron chi connectivity index (χ3n) is 2.44. The van der Waals surface area contributed by atoms with Crippen LogP contribution in [0.15, 0.2) is 48.5 Å². The third-order valence-corrected chi connectivity index (χ3v) is 2.44. The highest BCUT2D eigenvalue weighted by atomic mass is 15.5. The van der Waals surface area contributed by atoms with Crippen molar-refractivity contribution < 1.29 is 0 Å². The first-order chi connectivity index (χ1) is 8.42. The Kier molecular flexibility index (Phi) is 2.43. The number of benzene rings is 2. The summed E-state index contributed by atoms with van der Waals surface area (Å²) < 4.78 is 0. The van der Waals surface area contributed by atoms with Gasteiger partial charge in [-0.05, 0) is 29.8 Å².